The fraction of sp³-hybridized carbons (Fsp3) is 0.333. The molecule has 4 heteroatoms. The molecular weight excluding hydrogens is 240 g/mol. The van der Waals surface area contributed by atoms with E-state index in [4.69, 9.17) is 0 Å². The van der Waals surface area contributed by atoms with Crippen molar-refractivity contribution in [2.75, 3.05) is 13.1 Å². The first kappa shape index (κ1) is 13.3. The third-order valence-electron chi connectivity index (χ3n) is 3.25. The van der Waals surface area contributed by atoms with Crippen molar-refractivity contribution in [3.8, 4) is 0 Å². The minimum atomic E-state index is -0.0696. The van der Waals surface area contributed by atoms with Crippen molar-refractivity contribution in [3.63, 3.8) is 0 Å². The Kier molecular flexibility index (Phi) is 4.34. The minimum Gasteiger partial charge on any atom is -0.351 e. The molecule has 2 rings (SSSR count). The average Bonchev–Trinajstić information content (AvgIpc) is 2.87. The first-order valence-electron chi connectivity index (χ1n) is 6.43. The number of hydrogen-bond acceptors (Lipinski definition) is 2. The van der Waals surface area contributed by atoms with Gasteiger partial charge in [-0.1, -0.05) is 36.9 Å². The zero-order valence-corrected chi connectivity index (χ0v) is 10.8. The molecule has 1 aliphatic heterocycles. The average molecular weight is 258 g/mol. The van der Waals surface area contributed by atoms with Gasteiger partial charge in [-0.3, -0.25) is 9.59 Å². The molecule has 4 nitrogen and oxygen atoms in total. The van der Waals surface area contributed by atoms with Crippen molar-refractivity contribution in [1.82, 2.24) is 10.2 Å². The van der Waals surface area contributed by atoms with Gasteiger partial charge in [0.25, 0.3) is 0 Å². The molecule has 0 aliphatic carbocycles. The number of benzene rings is 1. The zero-order valence-electron chi connectivity index (χ0n) is 10.8. The molecule has 1 aliphatic rings. The predicted octanol–water partition coefficient (Wildman–Crippen LogP) is 1.13. The van der Waals surface area contributed by atoms with E-state index in [1.165, 1.54) is 6.08 Å². The number of likely N-dealkylation sites (tertiary alicyclic amines) is 1. The molecule has 0 bridgehead atoms. The number of nitrogens with one attached hydrogen (secondary N) is 1. The summed E-state index contributed by atoms with van der Waals surface area (Å²) in [4.78, 5) is 25.0. The molecule has 0 radical (unpaired) electrons. The Balaban J connectivity index is 1.81. The van der Waals surface area contributed by atoms with Crippen LogP contribution in [0.5, 0.6) is 0 Å². The number of rotatable bonds is 4. The van der Waals surface area contributed by atoms with E-state index in [1.54, 1.807) is 4.90 Å². The highest BCUT2D eigenvalue weighted by molar-refractivity contribution is 5.87. The van der Waals surface area contributed by atoms with Crippen molar-refractivity contribution in [3.05, 3.63) is 48.6 Å². The maximum Gasteiger partial charge on any atom is 0.246 e. The monoisotopic (exact) mass is 258 g/mol. The van der Waals surface area contributed by atoms with Crippen LogP contribution in [0.2, 0.25) is 0 Å². The van der Waals surface area contributed by atoms with Gasteiger partial charge >= 0.3 is 0 Å². The molecule has 0 spiro atoms. The van der Waals surface area contributed by atoms with E-state index in [0.717, 1.165) is 12.0 Å². The number of carbonyl (C=O) groups excluding carboxylic acids is 2. The lowest BCUT2D eigenvalue weighted by Gasteiger charge is -2.15. The van der Waals surface area contributed by atoms with E-state index >= 15 is 0 Å². The van der Waals surface area contributed by atoms with Crippen molar-refractivity contribution >= 4 is 11.8 Å². The number of amides is 2. The summed E-state index contributed by atoms with van der Waals surface area (Å²) in [5, 5.41) is 2.97. The van der Waals surface area contributed by atoms with Crippen LogP contribution in [0.4, 0.5) is 0 Å². The summed E-state index contributed by atoms with van der Waals surface area (Å²) in [7, 11) is 0. The SMILES string of the molecule is C=CC(=O)N1CCC(NC(=O)Cc2ccccc2)C1. The number of hydrogen-bond donors (Lipinski definition) is 1. The Bertz CT molecular complexity index is 470. The first-order chi connectivity index (χ1) is 9.19. The Morgan fingerprint density at radius 2 is 2.11 bits per heavy atom. The molecule has 0 saturated carbocycles. The van der Waals surface area contributed by atoms with E-state index < -0.39 is 0 Å². The third-order valence-corrected chi connectivity index (χ3v) is 3.25. The van der Waals surface area contributed by atoms with E-state index in [2.05, 4.69) is 11.9 Å². The minimum absolute atomic E-state index is 0.00380. The number of nitrogens with zero attached hydrogens (tertiary/aromatic N) is 1. The van der Waals surface area contributed by atoms with Gasteiger partial charge < -0.3 is 10.2 Å². The van der Waals surface area contributed by atoms with Crippen molar-refractivity contribution in [2.45, 2.75) is 18.9 Å². The summed E-state index contributed by atoms with van der Waals surface area (Å²) in [5.41, 5.74) is 0.997. The first-order valence-corrected chi connectivity index (χ1v) is 6.43. The van der Waals surface area contributed by atoms with Gasteiger partial charge in [0.2, 0.25) is 11.8 Å². The molecule has 1 saturated heterocycles. The van der Waals surface area contributed by atoms with Gasteiger partial charge in [-0.2, -0.15) is 0 Å². The van der Waals surface area contributed by atoms with Crippen molar-refractivity contribution in [2.24, 2.45) is 0 Å². The molecular formula is C15H18N2O2. The largest absolute Gasteiger partial charge is 0.351 e. The molecule has 1 aromatic carbocycles. The normalized spacial score (nSPS) is 18.1. The van der Waals surface area contributed by atoms with Crippen LogP contribution in [0.25, 0.3) is 0 Å². The Morgan fingerprint density at radius 1 is 1.37 bits per heavy atom. The van der Waals surface area contributed by atoms with Crippen LogP contribution in [0.3, 0.4) is 0 Å². The highest BCUT2D eigenvalue weighted by Crippen LogP contribution is 2.10. The summed E-state index contributed by atoms with van der Waals surface area (Å²) in [6, 6.07) is 9.69. The highest BCUT2D eigenvalue weighted by Gasteiger charge is 2.25. The molecule has 1 heterocycles. The molecule has 1 fully saturated rings. The molecule has 1 N–H and O–H groups in total. The van der Waals surface area contributed by atoms with Crippen LogP contribution < -0.4 is 5.32 Å². The lowest BCUT2D eigenvalue weighted by molar-refractivity contribution is -0.125. The maximum atomic E-state index is 11.9. The smallest absolute Gasteiger partial charge is 0.246 e. The molecule has 1 unspecified atom stereocenters. The van der Waals surface area contributed by atoms with E-state index in [9.17, 15) is 9.59 Å². The Hall–Kier alpha value is -2.10. The van der Waals surface area contributed by atoms with E-state index in [-0.39, 0.29) is 17.9 Å². The highest BCUT2D eigenvalue weighted by atomic mass is 16.2. The zero-order chi connectivity index (χ0) is 13.7. The van der Waals surface area contributed by atoms with Crippen LogP contribution >= 0.6 is 0 Å². The number of carbonyl (C=O) groups is 2. The fourth-order valence-electron chi connectivity index (χ4n) is 2.27. The molecule has 19 heavy (non-hydrogen) atoms. The standard InChI is InChI=1S/C15H18N2O2/c1-2-15(19)17-9-8-13(11-17)16-14(18)10-12-6-4-3-5-7-12/h2-7,13H,1,8-11H2,(H,16,18). The van der Waals surface area contributed by atoms with Gasteiger partial charge in [-0.05, 0) is 18.1 Å². The van der Waals surface area contributed by atoms with Crippen LogP contribution in [-0.4, -0.2) is 35.8 Å². The maximum absolute atomic E-state index is 11.9. The molecule has 100 valence electrons. The summed E-state index contributed by atoms with van der Waals surface area (Å²) in [6.07, 6.45) is 2.50. The Labute approximate surface area is 113 Å². The second kappa shape index (κ2) is 6.18. The van der Waals surface area contributed by atoms with Gasteiger partial charge in [0, 0.05) is 19.1 Å². The quantitative estimate of drug-likeness (QED) is 0.823. The van der Waals surface area contributed by atoms with Crippen LogP contribution in [0.1, 0.15) is 12.0 Å². The molecule has 0 aromatic heterocycles. The van der Waals surface area contributed by atoms with Gasteiger partial charge in [0.15, 0.2) is 0 Å². The topological polar surface area (TPSA) is 49.4 Å². The van der Waals surface area contributed by atoms with Crippen LogP contribution in [0, 0.1) is 0 Å². The van der Waals surface area contributed by atoms with Crippen LogP contribution in [-0.2, 0) is 16.0 Å². The summed E-state index contributed by atoms with van der Waals surface area (Å²) < 4.78 is 0. The van der Waals surface area contributed by atoms with E-state index in [1.807, 2.05) is 30.3 Å². The molecule has 1 aromatic rings. The molecule has 1 atom stereocenters. The Morgan fingerprint density at radius 3 is 2.79 bits per heavy atom. The lowest BCUT2D eigenvalue weighted by atomic mass is 10.1. The molecule has 2 amide bonds. The second-order valence-electron chi connectivity index (χ2n) is 4.70. The fourth-order valence-corrected chi connectivity index (χ4v) is 2.27. The van der Waals surface area contributed by atoms with Crippen molar-refractivity contribution in [1.29, 1.82) is 0 Å². The lowest BCUT2D eigenvalue weighted by Crippen LogP contribution is -2.38. The summed E-state index contributed by atoms with van der Waals surface area (Å²) >= 11 is 0. The van der Waals surface area contributed by atoms with E-state index in [0.29, 0.717) is 19.5 Å². The third kappa shape index (κ3) is 3.68. The van der Waals surface area contributed by atoms with Crippen molar-refractivity contribution < 1.29 is 9.59 Å². The summed E-state index contributed by atoms with van der Waals surface area (Å²) in [5.74, 6) is -0.0658. The van der Waals surface area contributed by atoms with Gasteiger partial charge in [-0.15, -0.1) is 0 Å². The summed E-state index contributed by atoms with van der Waals surface area (Å²) in [6.45, 7) is 4.72. The van der Waals surface area contributed by atoms with Crippen LogP contribution in [0.15, 0.2) is 43.0 Å². The van der Waals surface area contributed by atoms with Gasteiger partial charge in [0.05, 0.1) is 6.42 Å². The van der Waals surface area contributed by atoms with Gasteiger partial charge in [-0.25, -0.2) is 0 Å². The predicted molar refractivity (Wildman–Crippen MR) is 73.5 cm³/mol. The second-order valence-corrected chi connectivity index (χ2v) is 4.70. The van der Waals surface area contributed by atoms with Gasteiger partial charge in [0.1, 0.15) is 0 Å².